The molecule has 9 heteroatoms. The molecule has 0 aromatic heterocycles. The van der Waals surface area contributed by atoms with Gasteiger partial charge in [-0.2, -0.15) is 5.26 Å². The molecule has 1 aromatic carbocycles. The van der Waals surface area contributed by atoms with E-state index in [1.807, 2.05) is 6.07 Å². The molecule has 1 aliphatic rings. The highest BCUT2D eigenvalue weighted by atomic mass is 15.2. The van der Waals surface area contributed by atoms with E-state index < -0.39 is 0 Å². The van der Waals surface area contributed by atoms with Crippen LogP contribution in [-0.4, -0.2) is 43.4 Å². The number of amidine groups is 1. The molecule has 168 valence electrons. The van der Waals surface area contributed by atoms with E-state index in [2.05, 4.69) is 11.0 Å². The normalized spacial score (nSPS) is 15.8. The second-order valence-electron chi connectivity index (χ2n) is 7.68. The van der Waals surface area contributed by atoms with Gasteiger partial charge in [-0.1, -0.05) is 12.1 Å². The summed E-state index contributed by atoms with van der Waals surface area (Å²) >= 11 is 0. The second-order valence-corrected chi connectivity index (χ2v) is 7.68. The molecule has 32 heavy (non-hydrogen) atoms. The summed E-state index contributed by atoms with van der Waals surface area (Å²) in [5, 5.41) is 33.1. The number of nitrogens with zero attached hydrogens (tertiary/aromatic N) is 3. The molecule has 1 saturated heterocycles. The highest BCUT2D eigenvalue weighted by Gasteiger charge is 2.28. The van der Waals surface area contributed by atoms with Gasteiger partial charge in [0.15, 0.2) is 0 Å². The van der Waals surface area contributed by atoms with Crippen LogP contribution in [0.1, 0.15) is 36.5 Å². The molecule has 0 spiro atoms. The Kier molecular flexibility index (Phi) is 8.18. The zero-order valence-electron chi connectivity index (χ0n) is 18.5. The fourth-order valence-electron chi connectivity index (χ4n) is 3.88. The Labute approximate surface area is 189 Å². The van der Waals surface area contributed by atoms with Crippen LogP contribution in [0.25, 0.3) is 11.3 Å². The zero-order valence-corrected chi connectivity index (χ0v) is 18.5. The molecule has 0 saturated carbocycles. The number of hydrogen-bond acceptors (Lipinski definition) is 8. The van der Waals surface area contributed by atoms with E-state index in [0.29, 0.717) is 65.5 Å². The van der Waals surface area contributed by atoms with Gasteiger partial charge in [-0.15, -0.1) is 0 Å². The van der Waals surface area contributed by atoms with Gasteiger partial charge < -0.3 is 32.4 Å². The van der Waals surface area contributed by atoms with Crippen molar-refractivity contribution in [1.82, 2.24) is 4.90 Å². The fraction of sp³-hybridized carbons (Fsp3) is 0.304. The fourth-order valence-corrected chi connectivity index (χ4v) is 3.88. The maximum absolute atomic E-state index is 10.1. The quantitative estimate of drug-likeness (QED) is 0.218. The van der Waals surface area contributed by atoms with Crippen molar-refractivity contribution in [2.24, 2.45) is 23.1 Å². The zero-order chi connectivity index (χ0) is 23.8. The molecule has 2 rings (SSSR count). The van der Waals surface area contributed by atoms with Crippen LogP contribution in [0.3, 0.4) is 0 Å². The van der Waals surface area contributed by atoms with Gasteiger partial charge in [0.2, 0.25) is 0 Å². The van der Waals surface area contributed by atoms with E-state index in [-0.39, 0.29) is 5.92 Å². The minimum Gasteiger partial charge on any atom is -0.404 e. The molecule has 9 N–H and O–H groups in total. The first kappa shape index (κ1) is 24.2. The van der Waals surface area contributed by atoms with Crippen molar-refractivity contribution in [3.05, 3.63) is 52.9 Å². The number of nitriles is 1. The topological polar surface area (TPSA) is 180 Å². The number of nitrogens with one attached hydrogen (secondary N) is 3. The maximum Gasteiger partial charge on any atom is 0.104 e. The van der Waals surface area contributed by atoms with Crippen LogP contribution in [0.5, 0.6) is 0 Å². The molecule has 0 radical (unpaired) electrons. The number of nitrogens with two attached hydrogens (primary N) is 3. The summed E-state index contributed by atoms with van der Waals surface area (Å²) in [5.74, 6) is 0.449. The van der Waals surface area contributed by atoms with Crippen LogP contribution in [-0.2, 0) is 0 Å². The van der Waals surface area contributed by atoms with Gasteiger partial charge in [0.05, 0.1) is 17.6 Å². The lowest BCUT2D eigenvalue weighted by atomic mass is 9.90. The van der Waals surface area contributed by atoms with Gasteiger partial charge in [0.1, 0.15) is 11.9 Å². The number of allylic oxidation sites excluding steroid dienone is 4. The predicted molar refractivity (Wildman–Crippen MR) is 131 cm³/mol. The van der Waals surface area contributed by atoms with Crippen LogP contribution in [0.4, 0.5) is 5.69 Å². The van der Waals surface area contributed by atoms with Gasteiger partial charge in [0.25, 0.3) is 0 Å². The average Bonchev–Trinajstić information content (AvgIpc) is 2.80. The number of rotatable bonds is 7. The molecule has 0 bridgehead atoms. The lowest BCUT2D eigenvalue weighted by molar-refractivity contribution is 0.472. The monoisotopic (exact) mass is 433 g/mol. The van der Waals surface area contributed by atoms with Crippen LogP contribution in [0, 0.1) is 33.5 Å². The predicted octanol–water partition coefficient (Wildman–Crippen LogP) is 2.40. The Hall–Kier alpha value is -4.06. The summed E-state index contributed by atoms with van der Waals surface area (Å²) in [6.45, 7) is 3.02. The van der Waals surface area contributed by atoms with E-state index in [0.717, 1.165) is 18.1 Å². The summed E-state index contributed by atoms with van der Waals surface area (Å²) in [7, 11) is 1.70. The third kappa shape index (κ3) is 5.16. The van der Waals surface area contributed by atoms with Crippen molar-refractivity contribution in [1.29, 1.82) is 21.5 Å². The van der Waals surface area contributed by atoms with Gasteiger partial charge >= 0.3 is 0 Å². The summed E-state index contributed by atoms with van der Waals surface area (Å²) in [4.78, 5) is 3.63. The van der Waals surface area contributed by atoms with Crippen LogP contribution in [0.15, 0.2) is 36.2 Å². The molecule has 0 atom stereocenters. The minimum atomic E-state index is 0.0357. The van der Waals surface area contributed by atoms with Crippen LogP contribution in [0.2, 0.25) is 0 Å². The van der Waals surface area contributed by atoms with Crippen LogP contribution < -0.4 is 22.1 Å². The summed E-state index contributed by atoms with van der Waals surface area (Å²) in [6, 6.07) is 5.92. The number of piperidine rings is 1. The van der Waals surface area contributed by atoms with Crippen molar-refractivity contribution in [2.45, 2.75) is 19.8 Å². The Morgan fingerprint density at radius 1 is 1.22 bits per heavy atom. The van der Waals surface area contributed by atoms with Crippen molar-refractivity contribution in [3.63, 3.8) is 0 Å². The van der Waals surface area contributed by atoms with E-state index in [1.165, 1.54) is 17.2 Å². The first-order valence-corrected chi connectivity index (χ1v) is 10.3. The smallest absolute Gasteiger partial charge is 0.104 e. The second kappa shape index (κ2) is 10.8. The lowest BCUT2D eigenvalue weighted by Crippen LogP contribution is -2.41. The molecule has 1 fully saturated rings. The molecular formula is C23H31N9. The largest absolute Gasteiger partial charge is 0.404 e. The average molecular weight is 434 g/mol. The summed E-state index contributed by atoms with van der Waals surface area (Å²) < 4.78 is 0. The standard InChI is InChI=1S/C23H31N9/c1-15(28)11-17(12-25)18-3-4-19(21(29)5-8-24)20(13-26)22(18)32-9-6-16(7-10-32)23(30)31(2)14-27/h3-5,8,11-12,14,16,24,27,30H,6-7,9-10,25,28-29H2,1-2H3/b15-11-,17-12+,21-5-,24-8?,27-14?,30-23?. The van der Waals surface area contributed by atoms with Gasteiger partial charge in [-0.25, -0.2) is 0 Å². The Morgan fingerprint density at radius 3 is 2.34 bits per heavy atom. The van der Waals surface area contributed by atoms with E-state index >= 15 is 0 Å². The van der Waals surface area contributed by atoms with E-state index in [9.17, 15) is 5.26 Å². The van der Waals surface area contributed by atoms with Gasteiger partial charge in [-0.05, 0) is 31.9 Å². The summed E-state index contributed by atoms with van der Waals surface area (Å²) in [5.41, 5.74) is 22.0. The van der Waals surface area contributed by atoms with E-state index in [4.69, 9.17) is 33.4 Å². The maximum atomic E-state index is 10.1. The SMILES string of the molecule is C/C(N)=C/C(=C\N)c1ccc(/C(N)=C/C=N)c(C#N)c1N1CCC(C(=N)N(C)C=N)CC1. The third-order valence-electron chi connectivity index (χ3n) is 5.51. The van der Waals surface area contributed by atoms with Crippen molar-refractivity contribution >= 4 is 35.3 Å². The molecule has 9 nitrogen and oxygen atoms in total. The van der Waals surface area contributed by atoms with Crippen molar-refractivity contribution < 1.29 is 0 Å². The Balaban J connectivity index is 2.59. The molecule has 1 heterocycles. The Morgan fingerprint density at radius 2 is 1.84 bits per heavy atom. The first-order chi connectivity index (χ1) is 15.3. The van der Waals surface area contributed by atoms with Crippen molar-refractivity contribution in [2.75, 3.05) is 25.0 Å². The number of anilines is 1. The molecule has 0 unspecified atom stereocenters. The van der Waals surface area contributed by atoms with Crippen LogP contribution >= 0.6 is 0 Å². The molecular weight excluding hydrogens is 402 g/mol. The highest BCUT2D eigenvalue weighted by molar-refractivity contribution is 5.92. The highest BCUT2D eigenvalue weighted by Crippen LogP contribution is 2.37. The molecule has 1 aromatic rings. The molecule has 1 aliphatic heterocycles. The number of hydrogen-bond donors (Lipinski definition) is 6. The third-order valence-corrected chi connectivity index (χ3v) is 5.51. The molecule has 0 aliphatic carbocycles. The van der Waals surface area contributed by atoms with Gasteiger partial charge in [-0.3, -0.25) is 10.8 Å². The van der Waals surface area contributed by atoms with E-state index in [1.54, 1.807) is 26.1 Å². The Bertz CT molecular complexity index is 1010. The first-order valence-electron chi connectivity index (χ1n) is 10.3. The minimum absolute atomic E-state index is 0.0357. The van der Waals surface area contributed by atoms with Gasteiger partial charge in [0, 0.05) is 66.6 Å². The lowest BCUT2D eigenvalue weighted by Gasteiger charge is -2.37. The molecule has 0 amide bonds. The number of benzene rings is 1. The van der Waals surface area contributed by atoms with Crippen molar-refractivity contribution in [3.8, 4) is 6.07 Å². The summed E-state index contributed by atoms with van der Waals surface area (Å²) in [6.07, 6.45) is 8.33.